The molecule has 2 aromatic heterocycles. The summed E-state index contributed by atoms with van der Waals surface area (Å²) in [5.74, 6) is 0. The molecule has 0 radical (unpaired) electrons. The molecule has 6 heteroatoms. The van der Waals surface area contributed by atoms with Crippen molar-refractivity contribution in [2.75, 3.05) is 6.61 Å². The maximum Gasteiger partial charge on any atom is 0.434 e. The van der Waals surface area contributed by atoms with Crippen molar-refractivity contribution in [3.05, 3.63) is 71.4 Å². The molecule has 0 spiro atoms. The molecule has 0 saturated heterocycles. The summed E-state index contributed by atoms with van der Waals surface area (Å²) >= 11 is 0. The van der Waals surface area contributed by atoms with Crippen molar-refractivity contribution < 1.29 is 9.53 Å². The van der Waals surface area contributed by atoms with Crippen LogP contribution >= 0.6 is 0 Å². The maximum atomic E-state index is 12.1. The summed E-state index contributed by atoms with van der Waals surface area (Å²) < 4.78 is 7.58. The first-order chi connectivity index (χ1) is 11.2. The number of hydrogen-bond donors (Lipinski definition) is 0. The number of rotatable bonds is 3. The first-order valence-electron chi connectivity index (χ1n) is 7.19. The molecule has 0 atom stereocenters. The summed E-state index contributed by atoms with van der Waals surface area (Å²) in [6.45, 7) is 2.02. The minimum Gasteiger partial charge on any atom is -0.448 e. The number of carbonyl (C=O) groups excluding carboxylic acids is 1. The summed E-state index contributed by atoms with van der Waals surface area (Å²) in [6, 6.07) is 12.5. The van der Waals surface area contributed by atoms with Crippen molar-refractivity contribution in [3.63, 3.8) is 0 Å². The Morgan fingerprint density at radius 3 is 2.61 bits per heavy atom. The van der Waals surface area contributed by atoms with E-state index in [2.05, 4.69) is 5.10 Å². The molecule has 1 aromatic carbocycles. The zero-order chi connectivity index (χ0) is 16.2. The Morgan fingerprint density at radius 2 is 1.87 bits per heavy atom. The van der Waals surface area contributed by atoms with Gasteiger partial charge in [-0.05, 0) is 25.1 Å². The fourth-order valence-corrected chi connectivity index (χ4v) is 2.21. The molecule has 0 unspecified atom stereocenters. The highest BCUT2D eigenvalue weighted by Gasteiger charge is 2.10. The van der Waals surface area contributed by atoms with Gasteiger partial charge in [-0.1, -0.05) is 18.2 Å². The summed E-state index contributed by atoms with van der Waals surface area (Å²) in [5, 5.41) is 3.99. The number of carbonyl (C=O) groups is 1. The molecule has 0 saturated carbocycles. The maximum absolute atomic E-state index is 12.1. The monoisotopic (exact) mass is 309 g/mol. The van der Waals surface area contributed by atoms with Crippen LogP contribution in [0.1, 0.15) is 6.92 Å². The smallest absolute Gasteiger partial charge is 0.434 e. The van der Waals surface area contributed by atoms with E-state index in [9.17, 15) is 9.59 Å². The second kappa shape index (κ2) is 6.31. The number of pyridine rings is 1. The molecule has 0 aliphatic heterocycles. The molecule has 116 valence electrons. The zero-order valence-electron chi connectivity index (χ0n) is 12.5. The topological polar surface area (TPSA) is 66.1 Å². The average molecular weight is 309 g/mol. The van der Waals surface area contributed by atoms with Gasteiger partial charge in [0, 0.05) is 35.3 Å². The summed E-state index contributed by atoms with van der Waals surface area (Å²) in [4.78, 5) is 23.7. The van der Waals surface area contributed by atoms with Gasteiger partial charge in [0.15, 0.2) is 0 Å². The minimum absolute atomic E-state index is 0.127. The van der Waals surface area contributed by atoms with Gasteiger partial charge in [0.2, 0.25) is 0 Å². The van der Waals surface area contributed by atoms with Crippen LogP contribution in [0.25, 0.3) is 16.8 Å². The molecule has 6 nitrogen and oxygen atoms in total. The number of ether oxygens (including phenoxy) is 1. The van der Waals surface area contributed by atoms with E-state index in [1.54, 1.807) is 36.1 Å². The molecule has 0 aliphatic carbocycles. The third-order valence-corrected chi connectivity index (χ3v) is 3.32. The van der Waals surface area contributed by atoms with Crippen molar-refractivity contribution in [3.8, 4) is 16.8 Å². The molecular formula is C17H15N3O3. The lowest BCUT2D eigenvalue weighted by Crippen LogP contribution is -2.16. The van der Waals surface area contributed by atoms with E-state index in [0.29, 0.717) is 0 Å². The standard InChI is InChI=1S/C17H15N3O3/c1-2-23-17(22)20-12-14(10-18-20)13-8-9-16(21)19(11-13)15-6-4-3-5-7-15/h3-12H,2H2,1H3. The molecular weight excluding hydrogens is 294 g/mol. The lowest BCUT2D eigenvalue weighted by atomic mass is 10.1. The molecule has 0 aliphatic rings. The third-order valence-electron chi connectivity index (χ3n) is 3.32. The fraction of sp³-hybridized carbons (Fsp3) is 0.118. The number of hydrogen-bond acceptors (Lipinski definition) is 4. The normalized spacial score (nSPS) is 10.5. The van der Waals surface area contributed by atoms with Crippen molar-refractivity contribution in [2.45, 2.75) is 6.92 Å². The molecule has 0 fully saturated rings. The van der Waals surface area contributed by atoms with Crippen LogP contribution < -0.4 is 5.56 Å². The number of benzene rings is 1. The van der Waals surface area contributed by atoms with Gasteiger partial charge in [-0.15, -0.1) is 0 Å². The van der Waals surface area contributed by atoms with E-state index in [1.165, 1.54) is 6.07 Å². The third kappa shape index (κ3) is 3.06. The molecule has 0 amide bonds. The van der Waals surface area contributed by atoms with Gasteiger partial charge >= 0.3 is 6.09 Å². The van der Waals surface area contributed by atoms with Crippen LogP contribution in [0.2, 0.25) is 0 Å². The van der Waals surface area contributed by atoms with Crippen LogP contribution in [0.4, 0.5) is 4.79 Å². The van der Waals surface area contributed by atoms with Crippen molar-refractivity contribution >= 4 is 6.09 Å². The molecule has 3 rings (SSSR count). The first kappa shape index (κ1) is 14.8. The quantitative estimate of drug-likeness (QED) is 0.746. The number of para-hydroxylation sites is 1. The van der Waals surface area contributed by atoms with E-state index in [1.807, 2.05) is 30.3 Å². The van der Waals surface area contributed by atoms with Crippen LogP contribution in [0.3, 0.4) is 0 Å². The highest BCUT2D eigenvalue weighted by Crippen LogP contribution is 2.18. The largest absolute Gasteiger partial charge is 0.448 e. The van der Waals surface area contributed by atoms with Gasteiger partial charge in [-0.2, -0.15) is 9.78 Å². The summed E-state index contributed by atoms with van der Waals surface area (Å²) in [5.41, 5.74) is 2.15. The van der Waals surface area contributed by atoms with Gasteiger partial charge in [-0.25, -0.2) is 4.79 Å². The fourth-order valence-electron chi connectivity index (χ4n) is 2.21. The van der Waals surface area contributed by atoms with Gasteiger partial charge < -0.3 is 4.74 Å². The predicted octanol–water partition coefficient (Wildman–Crippen LogP) is 2.71. The van der Waals surface area contributed by atoms with Gasteiger partial charge in [0.05, 0.1) is 12.8 Å². The van der Waals surface area contributed by atoms with Crippen LogP contribution in [0.5, 0.6) is 0 Å². The lowest BCUT2D eigenvalue weighted by Gasteiger charge is -2.07. The van der Waals surface area contributed by atoms with Gasteiger partial charge in [0.1, 0.15) is 0 Å². The Labute approximate surface area is 132 Å². The molecule has 23 heavy (non-hydrogen) atoms. The van der Waals surface area contributed by atoms with Crippen molar-refractivity contribution in [1.82, 2.24) is 14.3 Å². The average Bonchev–Trinajstić information content (AvgIpc) is 3.06. The van der Waals surface area contributed by atoms with Crippen molar-refractivity contribution in [1.29, 1.82) is 0 Å². The van der Waals surface area contributed by atoms with Gasteiger partial charge in [-0.3, -0.25) is 9.36 Å². The lowest BCUT2D eigenvalue weighted by molar-refractivity contribution is 0.150. The van der Waals surface area contributed by atoms with Crippen molar-refractivity contribution in [2.24, 2.45) is 0 Å². The van der Waals surface area contributed by atoms with E-state index in [4.69, 9.17) is 4.74 Å². The minimum atomic E-state index is -0.532. The molecule has 0 N–H and O–H groups in total. The molecule has 3 aromatic rings. The highest BCUT2D eigenvalue weighted by atomic mass is 16.5. The number of aromatic nitrogens is 3. The zero-order valence-corrected chi connectivity index (χ0v) is 12.5. The Kier molecular flexibility index (Phi) is 4.05. The molecule has 0 bridgehead atoms. The number of nitrogens with zero attached hydrogens (tertiary/aromatic N) is 3. The SMILES string of the molecule is CCOC(=O)n1cc(-c2ccc(=O)n(-c3ccccc3)c2)cn1. The summed E-state index contributed by atoms with van der Waals surface area (Å²) in [7, 11) is 0. The second-order valence-electron chi connectivity index (χ2n) is 4.83. The second-order valence-corrected chi connectivity index (χ2v) is 4.83. The van der Waals surface area contributed by atoms with Gasteiger partial charge in [0.25, 0.3) is 5.56 Å². The van der Waals surface area contributed by atoms with Crippen LogP contribution in [0, 0.1) is 0 Å². The van der Waals surface area contributed by atoms with E-state index in [-0.39, 0.29) is 12.2 Å². The van der Waals surface area contributed by atoms with Crippen LogP contribution in [0.15, 0.2) is 65.8 Å². The van der Waals surface area contributed by atoms with Crippen LogP contribution in [-0.2, 0) is 4.74 Å². The Morgan fingerprint density at radius 1 is 1.09 bits per heavy atom. The van der Waals surface area contributed by atoms with Crippen LogP contribution in [-0.4, -0.2) is 27.0 Å². The van der Waals surface area contributed by atoms with E-state index < -0.39 is 6.09 Å². The Balaban J connectivity index is 1.99. The van der Waals surface area contributed by atoms with E-state index >= 15 is 0 Å². The highest BCUT2D eigenvalue weighted by molar-refractivity contribution is 5.72. The summed E-state index contributed by atoms with van der Waals surface area (Å²) in [6.07, 6.45) is 4.33. The Bertz CT molecular complexity index is 881. The Hall–Kier alpha value is -3.15. The van der Waals surface area contributed by atoms with E-state index in [0.717, 1.165) is 21.5 Å². The first-order valence-corrected chi connectivity index (χ1v) is 7.19. The molecule has 2 heterocycles. The predicted molar refractivity (Wildman–Crippen MR) is 85.7 cm³/mol.